The lowest BCUT2D eigenvalue weighted by atomic mass is 10.0. The van der Waals surface area contributed by atoms with Gasteiger partial charge in [-0.2, -0.15) is 0 Å². The third kappa shape index (κ3) is 3.52. The van der Waals surface area contributed by atoms with Crippen molar-refractivity contribution in [3.63, 3.8) is 0 Å². The first-order valence-electron chi connectivity index (χ1n) is 6.50. The van der Waals surface area contributed by atoms with Gasteiger partial charge in [0.2, 0.25) is 5.76 Å². The van der Waals surface area contributed by atoms with Gasteiger partial charge in [-0.3, -0.25) is 4.79 Å². The lowest BCUT2D eigenvalue weighted by Gasteiger charge is -2.21. The van der Waals surface area contributed by atoms with Crippen molar-refractivity contribution < 1.29 is 14.3 Å². The largest absolute Gasteiger partial charge is 0.418 e. The number of nitrogens with zero attached hydrogens (tertiary/aromatic N) is 1. The number of carbonyl (C=O) groups excluding carboxylic acids is 1. The number of rotatable bonds is 5. The Kier molecular flexibility index (Phi) is 5.28. The Morgan fingerprint density at radius 2 is 2.00 bits per heavy atom. The molecule has 2 aromatic rings. The summed E-state index contributed by atoms with van der Waals surface area (Å²) in [6, 6.07) is 4.52. The van der Waals surface area contributed by atoms with E-state index in [2.05, 4.69) is 15.6 Å². The number of carbonyl (C=O) groups is 1. The SMILES string of the molecule is CNc1ncc(C(=O)NC(C)C(O)c2c(Cl)cccc2Cl)o1. The Bertz CT molecular complexity index is 655. The van der Waals surface area contributed by atoms with Crippen LogP contribution >= 0.6 is 23.2 Å². The molecule has 1 aromatic heterocycles. The lowest BCUT2D eigenvalue weighted by Crippen LogP contribution is -2.37. The molecule has 2 unspecified atom stereocenters. The summed E-state index contributed by atoms with van der Waals surface area (Å²) in [4.78, 5) is 15.9. The molecular weight excluding hydrogens is 329 g/mol. The summed E-state index contributed by atoms with van der Waals surface area (Å²) in [7, 11) is 1.62. The average Bonchev–Trinajstić information content (AvgIpc) is 2.95. The maximum absolute atomic E-state index is 12.0. The van der Waals surface area contributed by atoms with Crippen LogP contribution in [0, 0.1) is 0 Å². The van der Waals surface area contributed by atoms with E-state index in [9.17, 15) is 9.90 Å². The van der Waals surface area contributed by atoms with Crippen molar-refractivity contribution in [3.8, 4) is 0 Å². The highest BCUT2D eigenvalue weighted by Gasteiger charge is 2.24. The molecule has 0 aliphatic heterocycles. The number of hydrogen-bond donors (Lipinski definition) is 3. The second-order valence-corrected chi connectivity index (χ2v) is 5.44. The molecule has 6 nitrogen and oxygen atoms in total. The van der Waals surface area contributed by atoms with Gasteiger partial charge in [0.1, 0.15) is 6.10 Å². The summed E-state index contributed by atoms with van der Waals surface area (Å²) >= 11 is 12.1. The Morgan fingerprint density at radius 1 is 1.36 bits per heavy atom. The van der Waals surface area contributed by atoms with Gasteiger partial charge in [-0.1, -0.05) is 29.3 Å². The molecule has 22 heavy (non-hydrogen) atoms. The highest BCUT2D eigenvalue weighted by molar-refractivity contribution is 6.36. The molecule has 0 aliphatic carbocycles. The molecule has 0 bridgehead atoms. The Balaban J connectivity index is 2.11. The van der Waals surface area contributed by atoms with Crippen molar-refractivity contribution in [2.75, 3.05) is 12.4 Å². The number of benzene rings is 1. The zero-order valence-electron chi connectivity index (χ0n) is 11.9. The Labute approximate surface area is 137 Å². The van der Waals surface area contributed by atoms with Crippen LogP contribution in [-0.2, 0) is 0 Å². The molecule has 1 heterocycles. The van der Waals surface area contributed by atoms with Gasteiger partial charge in [0.25, 0.3) is 11.9 Å². The summed E-state index contributed by atoms with van der Waals surface area (Å²) in [5.74, 6) is -0.461. The smallest absolute Gasteiger partial charge is 0.294 e. The molecule has 1 aromatic carbocycles. The van der Waals surface area contributed by atoms with Gasteiger partial charge < -0.3 is 20.2 Å². The van der Waals surface area contributed by atoms with Gasteiger partial charge in [0, 0.05) is 22.7 Å². The van der Waals surface area contributed by atoms with Crippen LogP contribution in [0.25, 0.3) is 0 Å². The molecule has 0 radical (unpaired) electrons. The topological polar surface area (TPSA) is 87.4 Å². The number of anilines is 1. The summed E-state index contributed by atoms with van der Waals surface area (Å²) in [5.41, 5.74) is 0.368. The lowest BCUT2D eigenvalue weighted by molar-refractivity contribution is 0.0827. The zero-order valence-corrected chi connectivity index (χ0v) is 13.4. The quantitative estimate of drug-likeness (QED) is 0.776. The second-order valence-electron chi connectivity index (χ2n) is 4.62. The summed E-state index contributed by atoms with van der Waals surface area (Å²) in [5, 5.41) is 16.3. The van der Waals surface area contributed by atoms with Crippen molar-refractivity contribution in [3.05, 3.63) is 45.8 Å². The second kappa shape index (κ2) is 7.00. The molecule has 1 amide bonds. The molecule has 0 saturated carbocycles. The first-order chi connectivity index (χ1) is 10.4. The van der Waals surface area contributed by atoms with Crippen LogP contribution in [0.5, 0.6) is 0 Å². The van der Waals surface area contributed by atoms with Gasteiger partial charge in [-0.05, 0) is 19.1 Å². The van der Waals surface area contributed by atoms with Crippen LogP contribution in [0.3, 0.4) is 0 Å². The van der Waals surface area contributed by atoms with E-state index in [0.717, 1.165) is 0 Å². The number of amides is 1. The minimum atomic E-state index is -1.06. The van der Waals surface area contributed by atoms with Crippen molar-refractivity contribution in [2.24, 2.45) is 0 Å². The van der Waals surface area contributed by atoms with E-state index in [0.29, 0.717) is 15.6 Å². The summed E-state index contributed by atoms with van der Waals surface area (Å²) in [6.07, 6.45) is 0.236. The third-order valence-corrected chi connectivity index (χ3v) is 3.73. The number of aliphatic hydroxyl groups excluding tert-OH is 1. The van der Waals surface area contributed by atoms with Crippen LogP contribution in [0.1, 0.15) is 29.1 Å². The number of hydrogen-bond acceptors (Lipinski definition) is 5. The minimum absolute atomic E-state index is 0.0358. The molecule has 0 saturated heterocycles. The van der Waals surface area contributed by atoms with Gasteiger partial charge in [-0.15, -0.1) is 0 Å². The zero-order chi connectivity index (χ0) is 16.3. The monoisotopic (exact) mass is 343 g/mol. The van der Waals surface area contributed by atoms with Crippen LogP contribution in [0.2, 0.25) is 10.0 Å². The molecule has 0 spiro atoms. The Hall–Kier alpha value is -1.76. The highest BCUT2D eigenvalue weighted by Crippen LogP contribution is 2.31. The molecule has 118 valence electrons. The van der Waals surface area contributed by atoms with E-state index < -0.39 is 18.1 Å². The molecule has 2 atom stereocenters. The number of aromatic nitrogens is 1. The predicted octanol–water partition coefficient (Wildman–Crippen LogP) is 2.88. The summed E-state index contributed by atoms with van der Waals surface area (Å²) in [6.45, 7) is 1.64. The van der Waals surface area contributed by atoms with Crippen LogP contribution in [0.4, 0.5) is 6.01 Å². The van der Waals surface area contributed by atoms with E-state index >= 15 is 0 Å². The first-order valence-corrected chi connectivity index (χ1v) is 7.26. The normalized spacial score (nSPS) is 13.5. The number of aliphatic hydroxyl groups is 1. The van der Waals surface area contributed by atoms with Gasteiger partial charge in [0.05, 0.1) is 12.2 Å². The molecular formula is C14H15Cl2N3O3. The fourth-order valence-corrected chi connectivity index (χ4v) is 2.52. The van der Waals surface area contributed by atoms with Crippen molar-refractivity contribution in [1.29, 1.82) is 0 Å². The molecule has 0 aliphatic rings. The molecule has 2 rings (SSSR count). The van der Waals surface area contributed by atoms with Crippen molar-refractivity contribution in [2.45, 2.75) is 19.1 Å². The number of nitrogens with one attached hydrogen (secondary N) is 2. The maximum atomic E-state index is 12.0. The standard InChI is InChI=1S/C14H15Cl2N3O3/c1-7(12(20)11-8(15)4-3-5-9(11)16)19-13(21)10-6-18-14(17-2)22-10/h3-7,12,20H,1-2H3,(H,17,18)(H,19,21). The van der Waals surface area contributed by atoms with Gasteiger partial charge in [-0.25, -0.2) is 4.98 Å². The molecule has 3 N–H and O–H groups in total. The van der Waals surface area contributed by atoms with E-state index in [1.54, 1.807) is 32.2 Å². The highest BCUT2D eigenvalue weighted by atomic mass is 35.5. The van der Waals surface area contributed by atoms with Crippen molar-refractivity contribution >= 4 is 35.1 Å². The fourth-order valence-electron chi connectivity index (χ4n) is 1.89. The number of halogens is 2. The molecule has 8 heteroatoms. The van der Waals surface area contributed by atoms with Crippen LogP contribution in [-0.4, -0.2) is 29.1 Å². The average molecular weight is 344 g/mol. The Morgan fingerprint density at radius 3 is 2.55 bits per heavy atom. The predicted molar refractivity (Wildman–Crippen MR) is 84.4 cm³/mol. The first kappa shape index (κ1) is 16.6. The third-order valence-electron chi connectivity index (χ3n) is 3.07. The molecule has 0 fully saturated rings. The van der Waals surface area contributed by atoms with Gasteiger partial charge >= 0.3 is 0 Å². The van der Waals surface area contributed by atoms with E-state index in [1.165, 1.54) is 6.20 Å². The minimum Gasteiger partial charge on any atom is -0.418 e. The van der Waals surface area contributed by atoms with E-state index in [-0.39, 0.29) is 11.8 Å². The van der Waals surface area contributed by atoms with Gasteiger partial charge in [0.15, 0.2) is 0 Å². The number of oxazole rings is 1. The van der Waals surface area contributed by atoms with Crippen LogP contribution < -0.4 is 10.6 Å². The van der Waals surface area contributed by atoms with E-state index in [4.69, 9.17) is 27.6 Å². The maximum Gasteiger partial charge on any atom is 0.294 e. The van der Waals surface area contributed by atoms with Crippen molar-refractivity contribution in [1.82, 2.24) is 10.3 Å². The summed E-state index contributed by atoms with van der Waals surface area (Å²) < 4.78 is 5.16. The fraction of sp³-hybridized carbons (Fsp3) is 0.286. The van der Waals surface area contributed by atoms with E-state index in [1.807, 2.05) is 0 Å². The van der Waals surface area contributed by atoms with Crippen LogP contribution in [0.15, 0.2) is 28.8 Å².